The number of anilines is 1. The van der Waals surface area contributed by atoms with Gasteiger partial charge in [0.05, 0.1) is 28.1 Å². The van der Waals surface area contributed by atoms with E-state index in [1.54, 1.807) is 0 Å². The zero-order chi connectivity index (χ0) is 16.5. The first kappa shape index (κ1) is 14.8. The Morgan fingerprint density at radius 3 is 2.13 bits per heavy atom. The van der Waals surface area contributed by atoms with Crippen LogP contribution in [0.15, 0.2) is 30.4 Å². The summed E-state index contributed by atoms with van der Waals surface area (Å²) in [5.74, 6) is -1.67. The number of halogens is 4. The Morgan fingerprint density at radius 1 is 1.04 bits per heavy atom. The number of carbonyl (C=O) groups excluding carboxylic acids is 2. The van der Waals surface area contributed by atoms with Gasteiger partial charge in [0, 0.05) is 0 Å². The summed E-state index contributed by atoms with van der Waals surface area (Å²) in [7, 11) is 0. The number of fused-ring (bicyclic) bond motifs is 5. The van der Waals surface area contributed by atoms with Gasteiger partial charge in [0.2, 0.25) is 11.8 Å². The van der Waals surface area contributed by atoms with Gasteiger partial charge >= 0.3 is 6.18 Å². The molecule has 1 aromatic rings. The Labute approximate surface area is 134 Å². The van der Waals surface area contributed by atoms with Crippen LogP contribution in [-0.4, -0.2) is 11.8 Å². The van der Waals surface area contributed by atoms with Crippen molar-refractivity contribution in [1.82, 2.24) is 0 Å². The van der Waals surface area contributed by atoms with Crippen molar-refractivity contribution < 1.29 is 22.8 Å². The maximum absolute atomic E-state index is 13.0. The lowest BCUT2D eigenvalue weighted by atomic mass is 9.85. The minimum absolute atomic E-state index is 0.0147. The molecule has 0 radical (unpaired) electrons. The van der Waals surface area contributed by atoms with Gasteiger partial charge in [-0.3, -0.25) is 14.5 Å². The van der Waals surface area contributed by atoms with Gasteiger partial charge in [-0.2, -0.15) is 13.2 Å². The number of benzene rings is 1. The number of hydrogen-bond acceptors (Lipinski definition) is 2. The first-order chi connectivity index (χ1) is 10.8. The molecule has 2 amide bonds. The molecule has 1 saturated heterocycles. The standard InChI is InChI=1S/C16H11ClF3NO2/c17-11-4-3-9(6-10(11)16(18,19)20)21-14(22)12-7-1-2-8(5-7)13(12)15(21)23/h1-4,6-8,12-13H,5H2/t7-,8+,12-,13+. The first-order valence-corrected chi connectivity index (χ1v) is 7.59. The van der Waals surface area contributed by atoms with Crippen LogP contribution in [0.1, 0.15) is 12.0 Å². The highest BCUT2D eigenvalue weighted by Crippen LogP contribution is 2.53. The quantitative estimate of drug-likeness (QED) is 0.577. The lowest BCUT2D eigenvalue weighted by Crippen LogP contribution is -2.33. The zero-order valence-corrected chi connectivity index (χ0v) is 12.4. The lowest BCUT2D eigenvalue weighted by molar-refractivity contribution is -0.137. The Kier molecular flexibility index (Phi) is 2.95. The minimum atomic E-state index is -4.64. The average Bonchev–Trinajstić information content (AvgIpc) is 3.13. The van der Waals surface area contributed by atoms with Gasteiger partial charge in [-0.05, 0) is 36.5 Å². The second-order valence-electron chi connectivity index (χ2n) is 6.17. The van der Waals surface area contributed by atoms with E-state index in [9.17, 15) is 22.8 Å². The molecule has 2 fully saturated rings. The van der Waals surface area contributed by atoms with Gasteiger partial charge in [-0.1, -0.05) is 23.8 Å². The van der Waals surface area contributed by atoms with Gasteiger partial charge in [0.25, 0.3) is 0 Å². The van der Waals surface area contributed by atoms with Crippen LogP contribution in [0, 0.1) is 23.7 Å². The fraction of sp³-hybridized carbons (Fsp3) is 0.375. The smallest absolute Gasteiger partial charge is 0.274 e. The molecule has 0 spiro atoms. The Bertz CT molecular complexity index is 728. The van der Waals surface area contributed by atoms with E-state index in [1.165, 1.54) is 6.07 Å². The molecule has 1 saturated carbocycles. The van der Waals surface area contributed by atoms with E-state index in [-0.39, 0.29) is 17.5 Å². The van der Waals surface area contributed by atoms with E-state index in [0.717, 1.165) is 23.5 Å². The van der Waals surface area contributed by atoms with E-state index in [4.69, 9.17) is 11.6 Å². The maximum atomic E-state index is 13.0. The molecule has 2 aliphatic carbocycles. The van der Waals surface area contributed by atoms with Crippen LogP contribution in [-0.2, 0) is 15.8 Å². The summed E-state index contributed by atoms with van der Waals surface area (Å²) in [5, 5.41) is -0.456. The molecular formula is C16H11ClF3NO2. The number of amides is 2. The highest BCUT2D eigenvalue weighted by molar-refractivity contribution is 6.31. The number of allylic oxidation sites excluding steroid dienone is 2. The minimum Gasteiger partial charge on any atom is -0.274 e. The first-order valence-electron chi connectivity index (χ1n) is 7.22. The van der Waals surface area contributed by atoms with Crippen LogP contribution < -0.4 is 4.90 Å². The fourth-order valence-electron chi connectivity index (χ4n) is 4.03. The van der Waals surface area contributed by atoms with Gasteiger partial charge < -0.3 is 0 Å². The van der Waals surface area contributed by atoms with E-state index < -0.39 is 40.4 Å². The van der Waals surface area contributed by atoms with E-state index in [1.807, 2.05) is 12.2 Å². The molecule has 0 unspecified atom stereocenters. The van der Waals surface area contributed by atoms with Crippen molar-refractivity contribution in [1.29, 1.82) is 0 Å². The molecule has 0 aromatic heterocycles. The SMILES string of the molecule is O=C1[C@@H]2[C@H](C(=O)N1c1ccc(Cl)c(C(F)(F)F)c1)[C@@H]1C=C[C@H]2C1. The molecule has 23 heavy (non-hydrogen) atoms. The number of imide groups is 1. The van der Waals surface area contributed by atoms with E-state index in [2.05, 4.69) is 0 Å². The van der Waals surface area contributed by atoms with Gasteiger partial charge in [-0.25, -0.2) is 0 Å². The normalized spacial score (nSPS) is 32.1. The molecule has 4 rings (SSSR count). The van der Waals surface area contributed by atoms with Crippen LogP contribution in [0.25, 0.3) is 0 Å². The summed E-state index contributed by atoms with van der Waals surface area (Å²) in [5.41, 5.74) is -1.11. The van der Waals surface area contributed by atoms with E-state index in [0.29, 0.717) is 0 Å². The van der Waals surface area contributed by atoms with Crippen molar-refractivity contribution in [3.63, 3.8) is 0 Å². The van der Waals surface area contributed by atoms with Gasteiger partial charge in [0.1, 0.15) is 0 Å². The van der Waals surface area contributed by atoms with Crippen molar-refractivity contribution in [3.8, 4) is 0 Å². The van der Waals surface area contributed by atoms with Crippen molar-refractivity contribution >= 4 is 29.1 Å². The van der Waals surface area contributed by atoms with Crippen molar-refractivity contribution in [2.75, 3.05) is 4.90 Å². The molecule has 1 heterocycles. The van der Waals surface area contributed by atoms with Crippen LogP contribution in [0.3, 0.4) is 0 Å². The Morgan fingerprint density at radius 2 is 1.61 bits per heavy atom. The van der Waals surface area contributed by atoms with Gasteiger partial charge in [0.15, 0.2) is 0 Å². The number of nitrogens with zero attached hydrogens (tertiary/aromatic N) is 1. The molecule has 3 nitrogen and oxygen atoms in total. The topological polar surface area (TPSA) is 37.4 Å². The third-order valence-electron chi connectivity index (χ3n) is 4.98. The molecule has 7 heteroatoms. The highest BCUT2D eigenvalue weighted by Gasteiger charge is 2.59. The third kappa shape index (κ3) is 1.97. The molecular weight excluding hydrogens is 331 g/mol. The maximum Gasteiger partial charge on any atom is 0.417 e. The molecule has 120 valence electrons. The summed E-state index contributed by atoms with van der Waals surface area (Å²) in [6.07, 6.45) is -0.00250. The number of rotatable bonds is 1. The second kappa shape index (κ2) is 4.60. The fourth-order valence-corrected chi connectivity index (χ4v) is 4.25. The van der Waals surface area contributed by atoms with Crippen LogP contribution in [0.4, 0.5) is 18.9 Å². The largest absolute Gasteiger partial charge is 0.417 e. The number of hydrogen-bond donors (Lipinski definition) is 0. The predicted octanol–water partition coefficient (Wildman–Crippen LogP) is 3.67. The van der Waals surface area contributed by atoms with Crippen molar-refractivity contribution in [2.45, 2.75) is 12.6 Å². The summed E-state index contributed by atoms with van der Waals surface area (Å²) < 4.78 is 39.0. The van der Waals surface area contributed by atoms with Crippen molar-refractivity contribution in [3.05, 3.63) is 40.9 Å². The summed E-state index contributed by atoms with van der Waals surface area (Å²) in [6, 6.07) is 3.12. The van der Waals surface area contributed by atoms with E-state index >= 15 is 0 Å². The zero-order valence-electron chi connectivity index (χ0n) is 11.7. The van der Waals surface area contributed by atoms with Gasteiger partial charge in [-0.15, -0.1) is 0 Å². The molecule has 4 atom stereocenters. The van der Waals surface area contributed by atoms with Crippen LogP contribution >= 0.6 is 11.6 Å². The monoisotopic (exact) mass is 341 g/mol. The molecule has 2 bridgehead atoms. The van der Waals surface area contributed by atoms with Crippen LogP contribution in [0.5, 0.6) is 0 Å². The highest BCUT2D eigenvalue weighted by atomic mass is 35.5. The average molecular weight is 342 g/mol. The summed E-state index contributed by atoms with van der Waals surface area (Å²) >= 11 is 5.59. The Hall–Kier alpha value is -1.82. The third-order valence-corrected chi connectivity index (χ3v) is 5.31. The molecule has 1 aliphatic heterocycles. The molecule has 3 aliphatic rings. The lowest BCUT2D eigenvalue weighted by Gasteiger charge is -2.19. The molecule has 1 aromatic carbocycles. The van der Waals surface area contributed by atoms with Crippen molar-refractivity contribution in [2.24, 2.45) is 23.7 Å². The Balaban J connectivity index is 1.75. The molecule has 0 N–H and O–H groups in total. The summed E-state index contributed by atoms with van der Waals surface area (Å²) in [4.78, 5) is 26.1. The second-order valence-corrected chi connectivity index (χ2v) is 6.58. The number of carbonyl (C=O) groups is 2. The van der Waals surface area contributed by atoms with Crippen LogP contribution in [0.2, 0.25) is 5.02 Å². The summed E-state index contributed by atoms with van der Waals surface area (Å²) in [6.45, 7) is 0. The number of alkyl halides is 3. The predicted molar refractivity (Wildman–Crippen MR) is 76.7 cm³/mol.